The van der Waals surface area contributed by atoms with Gasteiger partial charge >= 0.3 is 0 Å². The van der Waals surface area contributed by atoms with Crippen molar-refractivity contribution in [3.63, 3.8) is 0 Å². The summed E-state index contributed by atoms with van der Waals surface area (Å²) in [5.74, 6) is 3.22. The summed E-state index contributed by atoms with van der Waals surface area (Å²) in [5.41, 5.74) is 2.64. The van der Waals surface area contributed by atoms with Gasteiger partial charge in [0, 0.05) is 5.38 Å². The maximum Gasteiger partial charge on any atom is 0.0970 e. The van der Waals surface area contributed by atoms with Crippen LogP contribution < -0.4 is 0 Å². The second kappa shape index (κ2) is 5.14. The first-order valence-electron chi connectivity index (χ1n) is 5.00. The molecule has 2 nitrogen and oxygen atoms in total. The van der Waals surface area contributed by atoms with Crippen molar-refractivity contribution < 1.29 is 5.11 Å². The Morgan fingerprint density at radius 1 is 1.50 bits per heavy atom. The van der Waals surface area contributed by atoms with Crippen LogP contribution in [-0.4, -0.2) is 21.6 Å². The molecule has 14 heavy (non-hydrogen) atoms. The molecule has 1 atom stereocenters. The molecule has 1 saturated heterocycles. The summed E-state index contributed by atoms with van der Waals surface area (Å²) in [7, 11) is 0. The number of thioether (sulfide) groups is 1. The molecule has 0 spiro atoms. The molecule has 1 unspecified atom stereocenters. The zero-order valence-corrected chi connectivity index (χ0v) is 9.69. The molecule has 2 rings (SSSR count). The number of aliphatic hydroxyl groups is 1. The molecule has 0 aliphatic carbocycles. The van der Waals surface area contributed by atoms with Crippen molar-refractivity contribution in [1.82, 2.24) is 4.98 Å². The van der Waals surface area contributed by atoms with E-state index in [1.165, 1.54) is 24.3 Å². The van der Waals surface area contributed by atoms with Gasteiger partial charge in [-0.05, 0) is 36.7 Å². The van der Waals surface area contributed by atoms with Crippen molar-refractivity contribution in [3.8, 4) is 0 Å². The van der Waals surface area contributed by atoms with E-state index in [4.69, 9.17) is 0 Å². The van der Waals surface area contributed by atoms with E-state index in [-0.39, 0.29) is 6.10 Å². The Balaban J connectivity index is 1.84. The van der Waals surface area contributed by atoms with Crippen LogP contribution in [0.15, 0.2) is 10.9 Å². The summed E-state index contributed by atoms with van der Waals surface area (Å²) in [5, 5.41) is 11.8. The fourth-order valence-electron chi connectivity index (χ4n) is 1.81. The van der Waals surface area contributed by atoms with Gasteiger partial charge in [-0.25, -0.2) is 4.98 Å². The number of aromatic nitrogens is 1. The highest BCUT2D eigenvalue weighted by Crippen LogP contribution is 2.30. The molecule has 1 aliphatic heterocycles. The van der Waals surface area contributed by atoms with Crippen LogP contribution in [0.5, 0.6) is 0 Å². The van der Waals surface area contributed by atoms with Crippen molar-refractivity contribution in [2.75, 3.05) is 11.5 Å². The molecule has 1 fully saturated rings. The largest absolute Gasteiger partial charge is 0.387 e. The molecule has 1 aromatic rings. The van der Waals surface area contributed by atoms with Gasteiger partial charge < -0.3 is 5.11 Å². The summed E-state index contributed by atoms with van der Waals surface area (Å²) in [6, 6.07) is 0. The topological polar surface area (TPSA) is 33.1 Å². The average molecular weight is 229 g/mol. The number of hydrogen-bond donors (Lipinski definition) is 1. The molecule has 0 aromatic carbocycles. The molecule has 0 saturated carbocycles. The zero-order valence-electron chi connectivity index (χ0n) is 8.06. The van der Waals surface area contributed by atoms with Crippen molar-refractivity contribution in [2.24, 2.45) is 5.92 Å². The minimum absolute atomic E-state index is 0.339. The van der Waals surface area contributed by atoms with Crippen molar-refractivity contribution in [1.29, 1.82) is 0 Å². The molecule has 0 bridgehead atoms. The van der Waals surface area contributed by atoms with Gasteiger partial charge in [-0.3, -0.25) is 0 Å². The van der Waals surface area contributed by atoms with Crippen molar-refractivity contribution in [3.05, 3.63) is 16.6 Å². The number of nitrogens with zero attached hydrogens (tertiary/aromatic N) is 1. The van der Waals surface area contributed by atoms with E-state index in [0.29, 0.717) is 5.92 Å². The van der Waals surface area contributed by atoms with Gasteiger partial charge in [0.05, 0.1) is 17.3 Å². The lowest BCUT2D eigenvalue weighted by molar-refractivity contribution is 0.137. The predicted molar refractivity (Wildman–Crippen MR) is 61.7 cm³/mol. The van der Waals surface area contributed by atoms with E-state index in [2.05, 4.69) is 4.98 Å². The molecule has 1 N–H and O–H groups in total. The van der Waals surface area contributed by atoms with Gasteiger partial charge in [0.1, 0.15) is 0 Å². The molecular weight excluding hydrogens is 214 g/mol. The van der Waals surface area contributed by atoms with Crippen LogP contribution >= 0.6 is 23.1 Å². The zero-order chi connectivity index (χ0) is 9.80. The Hall–Kier alpha value is -0.0600. The lowest BCUT2D eigenvalue weighted by atomic mass is 9.95. The van der Waals surface area contributed by atoms with Crippen LogP contribution in [0.2, 0.25) is 0 Å². The molecule has 4 heteroatoms. The Labute approximate surface area is 92.8 Å². The van der Waals surface area contributed by atoms with Gasteiger partial charge in [0.15, 0.2) is 0 Å². The number of rotatable bonds is 3. The molecule has 1 aromatic heterocycles. The Morgan fingerprint density at radius 2 is 2.29 bits per heavy atom. The fraction of sp³-hybridized carbons (Fsp3) is 0.700. The normalized spacial score (nSPS) is 20.9. The maximum absolute atomic E-state index is 9.90. The minimum atomic E-state index is -0.339. The second-order valence-corrected chi connectivity index (χ2v) is 5.66. The monoisotopic (exact) mass is 229 g/mol. The van der Waals surface area contributed by atoms with Gasteiger partial charge in [-0.1, -0.05) is 0 Å². The Morgan fingerprint density at radius 3 is 2.93 bits per heavy atom. The summed E-state index contributed by atoms with van der Waals surface area (Å²) in [4.78, 5) is 4.14. The number of aliphatic hydroxyl groups excluding tert-OH is 1. The maximum atomic E-state index is 9.90. The standard InChI is InChI=1S/C10H15NOS2/c12-10(9-6-14-7-11-9)5-8-1-3-13-4-2-8/h6-8,10,12H,1-5H2. The summed E-state index contributed by atoms with van der Waals surface area (Å²) in [6.07, 6.45) is 3.07. The summed E-state index contributed by atoms with van der Waals surface area (Å²) in [6.45, 7) is 0. The SMILES string of the molecule is OC(CC1CCSCC1)c1cscn1. The van der Waals surface area contributed by atoms with Crippen LogP contribution in [0, 0.1) is 5.92 Å². The molecule has 2 heterocycles. The van der Waals surface area contributed by atoms with E-state index in [0.717, 1.165) is 12.1 Å². The lowest BCUT2D eigenvalue weighted by Gasteiger charge is -2.22. The smallest absolute Gasteiger partial charge is 0.0970 e. The van der Waals surface area contributed by atoms with Crippen molar-refractivity contribution in [2.45, 2.75) is 25.4 Å². The van der Waals surface area contributed by atoms with E-state index < -0.39 is 0 Å². The highest BCUT2D eigenvalue weighted by Gasteiger charge is 2.19. The van der Waals surface area contributed by atoms with Crippen LogP contribution in [0.4, 0.5) is 0 Å². The molecule has 78 valence electrons. The van der Waals surface area contributed by atoms with E-state index in [9.17, 15) is 5.11 Å². The molecule has 1 aliphatic rings. The minimum Gasteiger partial charge on any atom is -0.387 e. The molecular formula is C10H15NOS2. The van der Waals surface area contributed by atoms with Crippen LogP contribution in [0.1, 0.15) is 31.1 Å². The Kier molecular flexibility index (Phi) is 3.84. The summed E-state index contributed by atoms with van der Waals surface area (Å²) < 4.78 is 0. The summed E-state index contributed by atoms with van der Waals surface area (Å²) >= 11 is 3.58. The average Bonchev–Trinajstić information content (AvgIpc) is 2.72. The Bertz CT molecular complexity index is 257. The molecule has 0 amide bonds. The van der Waals surface area contributed by atoms with Gasteiger partial charge in [0.25, 0.3) is 0 Å². The fourth-order valence-corrected chi connectivity index (χ4v) is 3.61. The van der Waals surface area contributed by atoms with Crippen LogP contribution in [0.25, 0.3) is 0 Å². The lowest BCUT2D eigenvalue weighted by Crippen LogP contribution is -2.13. The van der Waals surface area contributed by atoms with E-state index in [1.807, 2.05) is 17.1 Å². The van der Waals surface area contributed by atoms with Gasteiger partial charge in [-0.15, -0.1) is 11.3 Å². The number of thiazole rings is 1. The van der Waals surface area contributed by atoms with Gasteiger partial charge in [-0.2, -0.15) is 11.8 Å². The third-order valence-corrected chi connectivity index (χ3v) is 4.34. The van der Waals surface area contributed by atoms with Crippen LogP contribution in [-0.2, 0) is 0 Å². The molecule has 0 radical (unpaired) electrons. The van der Waals surface area contributed by atoms with Crippen LogP contribution in [0.3, 0.4) is 0 Å². The highest BCUT2D eigenvalue weighted by molar-refractivity contribution is 7.99. The second-order valence-electron chi connectivity index (χ2n) is 3.72. The first-order valence-corrected chi connectivity index (χ1v) is 7.10. The first-order chi connectivity index (χ1) is 6.86. The number of hydrogen-bond acceptors (Lipinski definition) is 4. The first kappa shape index (κ1) is 10.5. The van der Waals surface area contributed by atoms with E-state index in [1.54, 1.807) is 16.8 Å². The predicted octanol–water partition coefficient (Wildman–Crippen LogP) is 2.71. The van der Waals surface area contributed by atoms with Gasteiger partial charge in [0.2, 0.25) is 0 Å². The van der Waals surface area contributed by atoms with Crippen molar-refractivity contribution >= 4 is 23.1 Å². The highest BCUT2D eigenvalue weighted by atomic mass is 32.2. The third kappa shape index (κ3) is 2.72. The third-order valence-electron chi connectivity index (χ3n) is 2.69. The van der Waals surface area contributed by atoms with E-state index >= 15 is 0 Å². The quantitative estimate of drug-likeness (QED) is 0.865.